The molecule has 0 spiro atoms. The van der Waals surface area contributed by atoms with Crippen LogP contribution in [0.4, 0.5) is 5.69 Å². The van der Waals surface area contributed by atoms with Gasteiger partial charge in [0.1, 0.15) is 6.04 Å². The van der Waals surface area contributed by atoms with Gasteiger partial charge < -0.3 is 5.11 Å². The first-order chi connectivity index (χ1) is 11.4. The van der Waals surface area contributed by atoms with Crippen LogP contribution in [0, 0.1) is 10.1 Å². The predicted molar refractivity (Wildman–Crippen MR) is 90.8 cm³/mol. The highest BCUT2D eigenvalue weighted by Crippen LogP contribution is 2.27. The topological polar surface area (TPSA) is 92.5 Å². The second-order valence-electron chi connectivity index (χ2n) is 5.87. The molecule has 6 heteroatoms. The number of aliphatic carboxylic acids is 1. The van der Waals surface area contributed by atoms with Crippen LogP contribution in [-0.4, -0.2) is 16.0 Å². The average Bonchev–Trinajstić information content (AvgIpc) is 2.55. The molecule has 6 nitrogen and oxygen atoms in total. The number of nitro groups is 1. The Morgan fingerprint density at radius 3 is 2.42 bits per heavy atom. The molecule has 0 heterocycles. The normalized spacial score (nSPS) is 12.1. The molecule has 126 valence electrons. The summed E-state index contributed by atoms with van der Waals surface area (Å²) in [6.45, 7) is 4.03. The minimum atomic E-state index is -0.991. The summed E-state index contributed by atoms with van der Waals surface area (Å²) < 4.78 is 0. The highest BCUT2D eigenvalue weighted by atomic mass is 16.6. The van der Waals surface area contributed by atoms with E-state index in [0.717, 1.165) is 0 Å². The monoisotopic (exact) mass is 328 g/mol. The lowest BCUT2D eigenvalue weighted by Crippen LogP contribution is -2.28. The van der Waals surface area contributed by atoms with Crippen LogP contribution in [-0.2, 0) is 11.3 Å². The number of carboxylic acids is 1. The molecular formula is C18H20N2O4. The maximum Gasteiger partial charge on any atom is 0.325 e. The van der Waals surface area contributed by atoms with Gasteiger partial charge in [0.15, 0.2) is 0 Å². The van der Waals surface area contributed by atoms with Crippen LogP contribution in [0.3, 0.4) is 0 Å². The maximum atomic E-state index is 11.5. The van der Waals surface area contributed by atoms with E-state index in [0.29, 0.717) is 16.7 Å². The van der Waals surface area contributed by atoms with Gasteiger partial charge in [-0.1, -0.05) is 56.3 Å². The van der Waals surface area contributed by atoms with Gasteiger partial charge in [-0.2, -0.15) is 0 Å². The number of nitrogens with one attached hydrogen (secondary N) is 1. The van der Waals surface area contributed by atoms with Gasteiger partial charge in [0, 0.05) is 18.2 Å². The minimum absolute atomic E-state index is 0.0449. The van der Waals surface area contributed by atoms with Crippen molar-refractivity contribution < 1.29 is 14.8 Å². The van der Waals surface area contributed by atoms with Crippen molar-refractivity contribution in [3.05, 3.63) is 75.3 Å². The van der Waals surface area contributed by atoms with Crippen molar-refractivity contribution in [2.45, 2.75) is 32.4 Å². The van der Waals surface area contributed by atoms with Gasteiger partial charge in [0.05, 0.1) is 4.92 Å². The van der Waals surface area contributed by atoms with Crippen LogP contribution in [0.25, 0.3) is 0 Å². The predicted octanol–water partition coefficient (Wildman–Crippen LogP) is 3.63. The molecule has 0 saturated heterocycles. The zero-order valence-electron chi connectivity index (χ0n) is 13.6. The number of nitrogens with zero attached hydrogens (tertiary/aromatic N) is 1. The molecule has 0 fully saturated rings. The van der Waals surface area contributed by atoms with Crippen LogP contribution in [0.15, 0.2) is 48.5 Å². The number of hydrogen-bond donors (Lipinski definition) is 2. The van der Waals surface area contributed by atoms with Crippen LogP contribution < -0.4 is 5.32 Å². The summed E-state index contributed by atoms with van der Waals surface area (Å²) in [6, 6.07) is 13.0. The third kappa shape index (κ3) is 4.17. The highest BCUT2D eigenvalue weighted by Gasteiger charge is 2.20. The molecule has 0 radical (unpaired) electrons. The van der Waals surface area contributed by atoms with Crippen molar-refractivity contribution in [1.29, 1.82) is 0 Å². The Hall–Kier alpha value is -2.73. The van der Waals surface area contributed by atoms with E-state index in [2.05, 4.69) is 5.32 Å². The van der Waals surface area contributed by atoms with Crippen LogP contribution >= 0.6 is 0 Å². The van der Waals surface area contributed by atoms with Gasteiger partial charge in [-0.05, 0) is 17.0 Å². The summed E-state index contributed by atoms with van der Waals surface area (Å²) in [6.07, 6.45) is 0. The second-order valence-corrected chi connectivity index (χ2v) is 5.87. The Bertz CT molecular complexity index is 729. The van der Waals surface area contributed by atoms with Crippen LogP contribution in [0.2, 0.25) is 0 Å². The lowest BCUT2D eigenvalue weighted by Gasteiger charge is -2.15. The summed E-state index contributed by atoms with van der Waals surface area (Å²) in [5.74, 6) is -0.946. The Labute approximate surface area is 140 Å². The molecular weight excluding hydrogens is 308 g/mol. The first kappa shape index (κ1) is 17.6. The van der Waals surface area contributed by atoms with Crippen molar-refractivity contribution >= 4 is 11.7 Å². The molecule has 0 amide bonds. The molecule has 2 aromatic carbocycles. The largest absolute Gasteiger partial charge is 0.480 e. The number of rotatable bonds is 7. The average molecular weight is 328 g/mol. The fraction of sp³-hybridized carbons (Fsp3) is 0.278. The third-order valence-electron chi connectivity index (χ3n) is 3.80. The fourth-order valence-corrected chi connectivity index (χ4v) is 2.56. The number of hydrogen-bond acceptors (Lipinski definition) is 4. The summed E-state index contributed by atoms with van der Waals surface area (Å²) >= 11 is 0. The molecule has 0 unspecified atom stereocenters. The summed E-state index contributed by atoms with van der Waals surface area (Å²) in [5.41, 5.74) is 2.05. The number of carboxylic acid groups (broad SMARTS) is 1. The van der Waals surface area contributed by atoms with Crippen LogP contribution in [0.1, 0.15) is 42.5 Å². The molecule has 0 aliphatic carbocycles. The molecule has 0 aliphatic rings. The molecule has 2 N–H and O–H groups in total. The lowest BCUT2D eigenvalue weighted by molar-refractivity contribution is -0.385. The molecule has 0 aromatic heterocycles. The quantitative estimate of drug-likeness (QED) is 0.598. The number of nitro benzene ring substituents is 1. The van der Waals surface area contributed by atoms with Gasteiger partial charge in [0.2, 0.25) is 0 Å². The standard InChI is InChI=1S/C18H20N2O4/c1-12(2)15-9-8-13(10-16(15)20(23)24)11-19-17(18(21)22)14-6-4-3-5-7-14/h3-10,12,17,19H,11H2,1-2H3,(H,21,22)/t17-/m0/s1. The van der Waals surface area contributed by atoms with Crippen LogP contribution in [0.5, 0.6) is 0 Å². The molecule has 1 atom stereocenters. The van der Waals surface area contributed by atoms with Gasteiger partial charge in [0.25, 0.3) is 5.69 Å². The van der Waals surface area contributed by atoms with Crippen molar-refractivity contribution in [1.82, 2.24) is 5.32 Å². The fourth-order valence-electron chi connectivity index (χ4n) is 2.56. The third-order valence-corrected chi connectivity index (χ3v) is 3.80. The van der Waals surface area contributed by atoms with E-state index in [1.807, 2.05) is 19.9 Å². The maximum absolute atomic E-state index is 11.5. The molecule has 2 aromatic rings. The first-order valence-corrected chi connectivity index (χ1v) is 7.68. The van der Waals surface area contributed by atoms with Crippen molar-refractivity contribution in [2.24, 2.45) is 0 Å². The highest BCUT2D eigenvalue weighted by molar-refractivity contribution is 5.75. The number of benzene rings is 2. The Morgan fingerprint density at radius 1 is 1.21 bits per heavy atom. The Balaban J connectivity index is 2.20. The van der Waals surface area contributed by atoms with E-state index in [9.17, 15) is 20.0 Å². The lowest BCUT2D eigenvalue weighted by atomic mass is 9.99. The second kappa shape index (κ2) is 7.70. The van der Waals surface area contributed by atoms with E-state index >= 15 is 0 Å². The Kier molecular flexibility index (Phi) is 5.65. The van der Waals surface area contributed by atoms with Gasteiger partial charge in [-0.3, -0.25) is 20.2 Å². The minimum Gasteiger partial charge on any atom is -0.480 e. The van der Waals surface area contributed by atoms with Gasteiger partial charge in [-0.15, -0.1) is 0 Å². The summed E-state index contributed by atoms with van der Waals surface area (Å²) in [7, 11) is 0. The summed E-state index contributed by atoms with van der Waals surface area (Å²) in [5, 5.41) is 23.6. The van der Waals surface area contributed by atoms with E-state index in [1.54, 1.807) is 36.4 Å². The molecule has 0 aliphatic heterocycles. The van der Waals surface area contributed by atoms with Crippen molar-refractivity contribution in [2.75, 3.05) is 0 Å². The number of carbonyl (C=O) groups is 1. The molecule has 0 bridgehead atoms. The van der Waals surface area contributed by atoms with Crippen molar-refractivity contribution in [3.63, 3.8) is 0 Å². The molecule has 0 saturated carbocycles. The van der Waals surface area contributed by atoms with E-state index < -0.39 is 16.9 Å². The van der Waals surface area contributed by atoms with Crippen molar-refractivity contribution in [3.8, 4) is 0 Å². The van der Waals surface area contributed by atoms with Gasteiger partial charge in [-0.25, -0.2) is 0 Å². The first-order valence-electron chi connectivity index (χ1n) is 7.68. The Morgan fingerprint density at radius 2 is 1.88 bits per heavy atom. The summed E-state index contributed by atoms with van der Waals surface area (Å²) in [4.78, 5) is 22.3. The smallest absolute Gasteiger partial charge is 0.325 e. The van der Waals surface area contributed by atoms with Gasteiger partial charge >= 0.3 is 5.97 Å². The molecule has 24 heavy (non-hydrogen) atoms. The zero-order valence-corrected chi connectivity index (χ0v) is 13.6. The van der Waals surface area contributed by atoms with E-state index in [4.69, 9.17) is 0 Å². The SMILES string of the molecule is CC(C)c1ccc(CN[C@H](C(=O)O)c2ccccc2)cc1[N+](=O)[O-]. The zero-order chi connectivity index (χ0) is 17.7. The van der Waals surface area contributed by atoms with E-state index in [1.165, 1.54) is 6.07 Å². The van der Waals surface area contributed by atoms with E-state index in [-0.39, 0.29) is 18.2 Å². The molecule has 2 rings (SSSR count).